The second-order valence-corrected chi connectivity index (χ2v) is 4.67. The molecule has 0 aromatic heterocycles. The molecule has 0 radical (unpaired) electrons. The topological polar surface area (TPSA) is 38.0 Å². The second kappa shape index (κ2) is 4.83. The van der Waals surface area contributed by atoms with Gasteiger partial charge in [0.1, 0.15) is 0 Å². The fraction of sp³-hybridized carbons (Fsp3) is 1.00. The maximum absolute atomic E-state index is 5.91. The van der Waals surface area contributed by atoms with Crippen LogP contribution in [0.25, 0.3) is 0 Å². The van der Waals surface area contributed by atoms with Gasteiger partial charge in [0.2, 0.25) is 0 Å². The molecular weight excluding hydrogens is 148 g/mol. The van der Waals surface area contributed by atoms with Gasteiger partial charge in [-0.25, -0.2) is 0 Å². The predicted octanol–water partition coefficient (Wildman–Crippen LogP) is 1.75. The Morgan fingerprint density at radius 1 is 1.33 bits per heavy atom. The fourth-order valence-corrected chi connectivity index (χ4v) is 1.34. The molecule has 0 spiro atoms. The summed E-state index contributed by atoms with van der Waals surface area (Å²) in [7, 11) is 2.02. The lowest BCUT2D eigenvalue weighted by Gasteiger charge is -2.25. The van der Waals surface area contributed by atoms with Crippen molar-refractivity contribution < 1.29 is 0 Å². The normalized spacial score (nSPS) is 15.2. The van der Waals surface area contributed by atoms with Gasteiger partial charge in [-0.2, -0.15) is 0 Å². The van der Waals surface area contributed by atoms with E-state index in [9.17, 15) is 0 Å². The number of hydrogen-bond acceptors (Lipinski definition) is 2. The van der Waals surface area contributed by atoms with Gasteiger partial charge in [-0.3, -0.25) is 0 Å². The molecule has 0 fully saturated rings. The van der Waals surface area contributed by atoms with E-state index in [0.717, 1.165) is 12.8 Å². The van der Waals surface area contributed by atoms with Crippen LogP contribution in [0, 0.1) is 5.92 Å². The summed E-state index contributed by atoms with van der Waals surface area (Å²) >= 11 is 0. The SMILES string of the molecule is CNC(CCC(C)(C)N)C(C)C. The highest BCUT2D eigenvalue weighted by Gasteiger charge is 2.16. The lowest BCUT2D eigenvalue weighted by atomic mass is 9.92. The monoisotopic (exact) mass is 172 g/mol. The molecule has 0 saturated heterocycles. The Bertz CT molecular complexity index is 113. The zero-order valence-corrected chi connectivity index (χ0v) is 9.15. The molecule has 0 aromatic rings. The van der Waals surface area contributed by atoms with Gasteiger partial charge in [0.15, 0.2) is 0 Å². The molecule has 12 heavy (non-hydrogen) atoms. The van der Waals surface area contributed by atoms with Crippen LogP contribution in [0.4, 0.5) is 0 Å². The van der Waals surface area contributed by atoms with Crippen molar-refractivity contribution in [2.45, 2.75) is 52.1 Å². The first-order valence-corrected chi connectivity index (χ1v) is 4.83. The van der Waals surface area contributed by atoms with Crippen LogP contribution in [0.1, 0.15) is 40.5 Å². The summed E-state index contributed by atoms with van der Waals surface area (Å²) in [6.07, 6.45) is 2.24. The largest absolute Gasteiger partial charge is 0.326 e. The van der Waals surface area contributed by atoms with E-state index in [1.54, 1.807) is 0 Å². The van der Waals surface area contributed by atoms with Gasteiger partial charge in [-0.15, -0.1) is 0 Å². The minimum absolute atomic E-state index is 0.0238. The maximum atomic E-state index is 5.91. The highest BCUT2D eigenvalue weighted by molar-refractivity contribution is 4.77. The van der Waals surface area contributed by atoms with Gasteiger partial charge in [0.05, 0.1) is 0 Å². The van der Waals surface area contributed by atoms with Crippen molar-refractivity contribution in [3.63, 3.8) is 0 Å². The van der Waals surface area contributed by atoms with Gasteiger partial charge >= 0.3 is 0 Å². The molecule has 0 aliphatic heterocycles. The molecule has 0 saturated carbocycles. The van der Waals surface area contributed by atoms with E-state index < -0.39 is 0 Å². The van der Waals surface area contributed by atoms with E-state index in [2.05, 4.69) is 33.0 Å². The highest BCUT2D eigenvalue weighted by atomic mass is 14.9. The van der Waals surface area contributed by atoms with E-state index in [0.29, 0.717) is 12.0 Å². The lowest BCUT2D eigenvalue weighted by Crippen LogP contribution is -2.37. The van der Waals surface area contributed by atoms with Crippen LogP contribution in [0.2, 0.25) is 0 Å². The van der Waals surface area contributed by atoms with E-state index in [1.807, 2.05) is 7.05 Å². The lowest BCUT2D eigenvalue weighted by molar-refractivity contribution is 0.349. The molecule has 0 rings (SSSR count). The molecule has 0 heterocycles. The van der Waals surface area contributed by atoms with Gasteiger partial charge in [-0.05, 0) is 39.7 Å². The van der Waals surface area contributed by atoms with Crippen molar-refractivity contribution in [3.8, 4) is 0 Å². The first-order chi connectivity index (χ1) is 5.37. The Kier molecular flexibility index (Phi) is 4.80. The Hall–Kier alpha value is -0.0800. The van der Waals surface area contributed by atoms with Crippen molar-refractivity contribution in [1.82, 2.24) is 5.32 Å². The van der Waals surface area contributed by atoms with Gasteiger partial charge < -0.3 is 11.1 Å². The van der Waals surface area contributed by atoms with Crippen molar-refractivity contribution in [1.29, 1.82) is 0 Å². The molecule has 1 unspecified atom stereocenters. The summed E-state index contributed by atoms with van der Waals surface area (Å²) in [5, 5.41) is 3.32. The van der Waals surface area contributed by atoms with Crippen molar-refractivity contribution in [2.75, 3.05) is 7.05 Å². The number of rotatable bonds is 5. The summed E-state index contributed by atoms with van der Waals surface area (Å²) < 4.78 is 0. The van der Waals surface area contributed by atoms with Crippen LogP contribution in [-0.2, 0) is 0 Å². The maximum Gasteiger partial charge on any atom is 0.00976 e. The molecule has 0 aliphatic carbocycles. The summed E-state index contributed by atoms with van der Waals surface area (Å²) in [6.45, 7) is 8.65. The minimum Gasteiger partial charge on any atom is -0.326 e. The van der Waals surface area contributed by atoms with Crippen molar-refractivity contribution in [2.24, 2.45) is 11.7 Å². The standard InChI is InChI=1S/C10H24N2/c1-8(2)9(12-5)6-7-10(3,4)11/h8-9,12H,6-7,11H2,1-5H3. The molecule has 0 amide bonds. The van der Waals surface area contributed by atoms with Crippen LogP contribution in [0.3, 0.4) is 0 Å². The number of hydrogen-bond donors (Lipinski definition) is 2. The quantitative estimate of drug-likeness (QED) is 0.663. The molecule has 2 heteroatoms. The third-order valence-corrected chi connectivity index (χ3v) is 2.28. The molecule has 1 atom stereocenters. The Balaban J connectivity index is 3.73. The summed E-state index contributed by atoms with van der Waals surface area (Å²) in [5.74, 6) is 0.692. The molecule has 0 bridgehead atoms. The highest BCUT2D eigenvalue weighted by Crippen LogP contribution is 2.13. The van der Waals surface area contributed by atoms with Crippen molar-refractivity contribution >= 4 is 0 Å². The summed E-state index contributed by atoms with van der Waals surface area (Å²) in [4.78, 5) is 0. The average molecular weight is 172 g/mol. The number of nitrogens with one attached hydrogen (secondary N) is 1. The Morgan fingerprint density at radius 3 is 2.08 bits per heavy atom. The molecule has 3 N–H and O–H groups in total. The molecule has 2 nitrogen and oxygen atoms in total. The smallest absolute Gasteiger partial charge is 0.00976 e. The summed E-state index contributed by atoms with van der Waals surface area (Å²) in [6, 6.07) is 0.604. The van der Waals surface area contributed by atoms with E-state index in [-0.39, 0.29) is 5.54 Å². The van der Waals surface area contributed by atoms with Gasteiger partial charge in [0.25, 0.3) is 0 Å². The summed E-state index contributed by atoms with van der Waals surface area (Å²) in [5.41, 5.74) is 5.89. The van der Waals surface area contributed by atoms with Gasteiger partial charge in [0, 0.05) is 11.6 Å². The predicted molar refractivity (Wildman–Crippen MR) is 55.2 cm³/mol. The minimum atomic E-state index is -0.0238. The molecule has 74 valence electrons. The molecule has 0 aliphatic rings. The van der Waals surface area contributed by atoms with E-state index >= 15 is 0 Å². The fourth-order valence-electron chi connectivity index (χ4n) is 1.34. The van der Waals surface area contributed by atoms with Crippen LogP contribution >= 0.6 is 0 Å². The van der Waals surface area contributed by atoms with Crippen LogP contribution in [-0.4, -0.2) is 18.6 Å². The average Bonchev–Trinajstić information content (AvgIpc) is 1.85. The Morgan fingerprint density at radius 2 is 1.83 bits per heavy atom. The van der Waals surface area contributed by atoms with Crippen LogP contribution < -0.4 is 11.1 Å². The first kappa shape index (κ1) is 11.9. The first-order valence-electron chi connectivity index (χ1n) is 4.83. The zero-order chi connectivity index (χ0) is 9.78. The zero-order valence-electron chi connectivity index (χ0n) is 9.15. The van der Waals surface area contributed by atoms with Crippen molar-refractivity contribution in [3.05, 3.63) is 0 Å². The Labute approximate surface area is 76.9 Å². The van der Waals surface area contributed by atoms with E-state index in [1.165, 1.54) is 0 Å². The van der Waals surface area contributed by atoms with Crippen LogP contribution in [0.5, 0.6) is 0 Å². The third kappa shape index (κ3) is 5.56. The molecular formula is C10H24N2. The van der Waals surface area contributed by atoms with Crippen LogP contribution in [0.15, 0.2) is 0 Å². The second-order valence-electron chi connectivity index (χ2n) is 4.67. The third-order valence-electron chi connectivity index (χ3n) is 2.28. The number of nitrogens with two attached hydrogens (primary N) is 1. The van der Waals surface area contributed by atoms with Gasteiger partial charge in [-0.1, -0.05) is 13.8 Å². The molecule has 0 aromatic carbocycles. The van der Waals surface area contributed by atoms with E-state index in [4.69, 9.17) is 5.73 Å².